The van der Waals surface area contributed by atoms with Crippen LogP contribution in [0.3, 0.4) is 0 Å². The number of nitrogens with one attached hydrogen (secondary N) is 1. The highest BCUT2D eigenvalue weighted by atomic mass is 16.7. The number of benzene rings is 1. The molecule has 0 aliphatic heterocycles. The Hall–Kier alpha value is -2.74. The van der Waals surface area contributed by atoms with E-state index in [0.717, 1.165) is 0 Å². The van der Waals surface area contributed by atoms with Gasteiger partial charge in [-0.3, -0.25) is 9.89 Å². The maximum absolute atomic E-state index is 11.2. The lowest BCUT2D eigenvalue weighted by Crippen LogP contribution is -2.12. The van der Waals surface area contributed by atoms with Gasteiger partial charge in [0.15, 0.2) is 12.4 Å². The van der Waals surface area contributed by atoms with Gasteiger partial charge in [0.2, 0.25) is 0 Å². The number of hydrogen-bond donors (Lipinski definition) is 3. The third kappa shape index (κ3) is 7.23. The van der Waals surface area contributed by atoms with Gasteiger partial charge in [-0.05, 0) is 0 Å². The Kier molecular flexibility index (Phi) is 7.96. The van der Waals surface area contributed by atoms with Gasteiger partial charge in [-0.15, -0.1) is 5.10 Å². The van der Waals surface area contributed by atoms with Crippen LogP contribution in [0.1, 0.15) is 10.4 Å². The lowest BCUT2D eigenvalue weighted by molar-refractivity contribution is 0.0704. The smallest absolute Gasteiger partial charge is 0.450 e. The van der Waals surface area contributed by atoms with Crippen LogP contribution >= 0.6 is 0 Å². The number of aromatic nitrogens is 3. The molecule has 19 heavy (non-hydrogen) atoms. The predicted molar refractivity (Wildman–Crippen MR) is 66.2 cm³/mol. The zero-order chi connectivity index (χ0) is 13.2. The van der Waals surface area contributed by atoms with Gasteiger partial charge in [0.25, 0.3) is 0 Å². The average molecular weight is 266 g/mol. The normalized spacial score (nSPS) is 8.42. The van der Waals surface area contributed by atoms with E-state index in [2.05, 4.69) is 20.1 Å². The van der Waals surface area contributed by atoms with Crippen molar-refractivity contribution in [1.29, 1.82) is 0 Å². The van der Waals surface area contributed by atoms with E-state index < -0.39 is 12.8 Å². The second-order valence-corrected chi connectivity index (χ2v) is 3.00. The van der Waals surface area contributed by atoms with Gasteiger partial charge in [-0.1, -0.05) is 35.5 Å². The molecule has 0 saturated heterocycles. The van der Waals surface area contributed by atoms with Crippen LogP contribution in [0.15, 0.2) is 42.7 Å². The summed E-state index contributed by atoms with van der Waals surface area (Å²) in [4.78, 5) is 21.1. The number of aromatic amines is 1. The van der Waals surface area contributed by atoms with Crippen molar-refractivity contribution < 1.29 is 19.4 Å². The SMILES string of the molecule is N.O=C(O)OCC(=O)c1ccccc1.c1c[nH]nn1. The summed E-state index contributed by atoms with van der Waals surface area (Å²) in [7, 11) is 0. The summed E-state index contributed by atoms with van der Waals surface area (Å²) in [6.07, 6.45) is 1.80. The number of ether oxygens (including phenoxy) is 1. The largest absolute Gasteiger partial charge is 0.506 e. The minimum Gasteiger partial charge on any atom is -0.450 e. The van der Waals surface area contributed by atoms with Crippen LogP contribution in [-0.4, -0.2) is 39.1 Å². The summed E-state index contributed by atoms with van der Waals surface area (Å²) in [5, 5.41) is 17.4. The monoisotopic (exact) mass is 266 g/mol. The second kappa shape index (κ2) is 9.31. The Morgan fingerprint density at radius 3 is 2.37 bits per heavy atom. The summed E-state index contributed by atoms with van der Waals surface area (Å²) in [5.41, 5.74) is 0.448. The van der Waals surface area contributed by atoms with Crippen LogP contribution in [0.2, 0.25) is 0 Å². The Morgan fingerprint density at radius 2 is 1.95 bits per heavy atom. The zero-order valence-corrected chi connectivity index (χ0v) is 10.0. The quantitative estimate of drug-likeness (QED) is 0.565. The molecule has 2 aromatic rings. The molecule has 0 atom stereocenters. The Bertz CT molecular complexity index is 455. The highest BCUT2D eigenvalue weighted by Crippen LogP contribution is 1.99. The summed E-state index contributed by atoms with van der Waals surface area (Å²) in [6, 6.07) is 8.39. The molecule has 102 valence electrons. The molecule has 0 bridgehead atoms. The van der Waals surface area contributed by atoms with Crippen LogP contribution in [0, 0.1) is 0 Å². The van der Waals surface area contributed by atoms with Crippen molar-refractivity contribution in [1.82, 2.24) is 21.6 Å². The molecule has 0 spiro atoms. The van der Waals surface area contributed by atoms with Crippen molar-refractivity contribution in [3.8, 4) is 0 Å². The molecular weight excluding hydrogens is 252 g/mol. The first-order valence-electron chi connectivity index (χ1n) is 4.94. The molecule has 0 unspecified atom stereocenters. The van der Waals surface area contributed by atoms with Gasteiger partial charge in [-0.2, -0.15) is 0 Å². The molecule has 1 heterocycles. The molecular formula is C11H14N4O4. The van der Waals surface area contributed by atoms with Crippen molar-refractivity contribution in [2.24, 2.45) is 0 Å². The number of carboxylic acid groups (broad SMARTS) is 1. The standard InChI is InChI=1S/C9H8O4.C2H3N3.H3N/c10-8(6-13-9(11)12)7-4-2-1-3-5-7;1-2-4-5-3-1;/h1-5H,6H2,(H,11,12);1-2H,(H,3,4,5);1H3. The van der Waals surface area contributed by atoms with Gasteiger partial charge in [0.1, 0.15) is 0 Å². The van der Waals surface area contributed by atoms with E-state index >= 15 is 0 Å². The fourth-order valence-electron chi connectivity index (χ4n) is 1.00. The Labute approximate surface area is 109 Å². The number of Topliss-reactive ketones (excluding diaryl/α,β-unsaturated/α-hetero) is 1. The number of carbonyl (C=O) groups excluding carboxylic acids is 1. The van der Waals surface area contributed by atoms with E-state index in [0.29, 0.717) is 5.56 Å². The molecule has 1 aromatic heterocycles. The number of H-pyrrole nitrogens is 1. The highest BCUT2D eigenvalue weighted by Gasteiger charge is 2.07. The van der Waals surface area contributed by atoms with Gasteiger partial charge >= 0.3 is 6.16 Å². The first-order valence-corrected chi connectivity index (χ1v) is 4.94. The van der Waals surface area contributed by atoms with Gasteiger partial charge < -0.3 is 16.0 Å². The van der Waals surface area contributed by atoms with E-state index in [1.54, 1.807) is 42.7 Å². The molecule has 8 heteroatoms. The van der Waals surface area contributed by atoms with Crippen LogP contribution in [0.25, 0.3) is 0 Å². The summed E-state index contributed by atoms with van der Waals surface area (Å²) >= 11 is 0. The number of nitrogens with zero attached hydrogens (tertiary/aromatic N) is 2. The molecule has 8 nitrogen and oxygen atoms in total. The van der Waals surface area contributed by atoms with E-state index in [1.165, 1.54) is 0 Å². The molecule has 0 aliphatic carbocycles. The molecule has 0 saturated carbocycles. The maximum Gasteiger partial charge on any atom is 0.506 e. The molecule has 5 N–H and O–H groups in total. The molecule has 1 aromatic carbocycles. The summed E-state index contributed by atoms with van der Waals surface area (Å²) in [5.74, 6) is -0.344. The van der Waals surface area contributed by atoms with E-state index in [9.17, 15) is 9.59 Å². The lowest BCUT2D eigenvalue weighted by atomic mass is 10.1. The third-order valence-electron chi connectivity index (χ3n) is 1.75. The number of ketones is 1. The van der Waals surface area contributed by atoms with Crippen molar-refractivity contribution >= 4 is 11.9 Å². The highest BCUT2D eigenvalue weighted by molar-refractivity contribution is 5.97. The molecule has 0 radical (unpaired) electrons. The van der Waals surface area contributed by atoms with Crippen LogP contribution in [0.4, 0.5) is 4.79 Å². The van der Waals surface area contributed by atoms with Crippen molar-refractivity contribution in [3.05, 3.63) is 48.3 Å². The second-order valence-electron chi connectivity index (χ2n) is 3.00. The van der Waals surface area contributed by atoms with Gasteiger partial charge in [-0.25, -0.2) is 4.79 Å². The lowest BCUT2D eigenvalue weighted by Gasteiger charge is -1.99. The average Bonchev–Trinajstić information content (AvgIpc) is 2.96. The fraction of sp³-hybridized carbons (Fsp3) is 0.0909. The molecule has 0 aliphatic rings. The minimum absolute atomic E-state index is 0. The van der Waals surface area contributed by atoms with Gasteiger partial charge in [0.05, 0.1) is 6.20 Å². The van der Waals surface area contributed by atoms with Crippen LogP contribution in [-0.2, 0) is 4.74 Å². The molecule has 0 amide bonds. The number of carbonyl (C=O) groups is 2. The van der Waals surface area contributed by atoms with Crippen molar-refractivity contribution in [2.45, 2.75) is 0 Å². The van der Waals surface area contributed by atoms with E-state index in [-0.39, 0.29) is 11.9 Å². The van der Waals surface area contributed by atoms with E-state index in [4.69, 9.17) is 5.11 Å². The molecule has 0 fully saturated rings. The first kappa shape index (κ1) is 16.3. The summed E-state index contributed by atoms with van der Waals surface area (Å²) < 4.78 is 4.13. The maximum atomic E-state index is 11.2. The Morgan fingerprint density at radius 1 is 1.26 bits per heavy atom. The van der Waals surface area contributed by atoms with Crippen molar-refractivity contribution in [3.63, 3.8) is 0 Å². The predicted octanol–water partition coefficient (Wildman–Crippen LogP) is 1.53. The van der Waals surface area contributed by atoms with Crippen molar-refractivity contribution in [2.75, 3.05) is 6.61 Å². The third-order valence-corrected chi connectivity index (χ3v) is 1.75. The van der Waals surface area contributed by atoms with Gasteiger partial charge in [0, 0.05) is 11.8 Å². The minimum atomic E-state index is -1.44. The number of rotatable bonds is 3. The van der Waals surface area contributed by atoms with Crippen LogP contribution < -0.4 is 6.15 Å². The van der Waals surface area contributed by atoms with E-state index in [1.807, 2.05) is 0 Å². The Balaban J connectivity index is 0.000000454. The molecule has 2 rings (SSSR count). The first-order chi connectivity index (χ1) is 8.70. The van der Waals surface area contributed by atoms with Crippen LogP contribution in [0.5, 0.6) is 0 Å². The number of hydrogen-bond acceptors (Lipinski definition) is 6. The zero-order valence-electron chi connectivity index (χ0n) is 10.0. The topological polar surface area (TPSA) is 140 Å². The summed E-state index contributed by atoms with van der Waals surface area (Å²) in [6.45, 7) is -0.431. The fourth-order valence-corrected chi connectivity index (χ4v) is 1.00.